The Hall–Kier alpha value is -2.01. The van der Waals surface area contributed by atoms with Crippen molar-refractivity contribution in [1.29, 1.82) is 0 Å². The second-order valence-electron chi connectivity index (χ2n) is 5.14. The van der Waals surface area contributed by atoms with Crippen LogP contribution in [0.1, 0.15) is 21.8 Å². The molecule has 2 aromatic heterocycles. The number of thiophene rings is 1. The van der Waals surface area contributed by atoms with Crippen molar-refractivity contribution in [3.63, 3.8) is 0 Å². The van der Waals surface area contributed by atoms with E-state index >= 15 is 0 Å². The quantitative estimate of drug-likeness (QED) is 0.725. The number of halogens is 1. The van der Waals surface area contributed by atoms with Crippen LogP contribution in [0.25, 0.3) is 10.2 Å². The summed E-state index contributed by atoms with van der Waals surface area (Å²) in [6.07, 6.45) is 0. The Labute approximate surface area is 125 Å². The van der Waals surface area contributed by atoms with Crippen LogP contribution in [-0.2, 0) is 6.54 Å². The molecule has 0 N–H and O–H groups in total. The summed E-state index contributed by atoms with van der Waals surface area (Å²) in [5.74, 6) is 0.354. The first-order valence-electron chi connectivity index (χ1n) is 6.69. The van der Waals surface area contributed by atoms with Crippen molar-refractivity contribution in [3.05, 3.63) is 62.3 Å². The van der Waals surface area contributed by atoms with E-state index in [4.69, 9.17) is 0 Å². The van der Waals surface area contributed by atoms with Crippen molar-refractivity contribution in [1.82, 2.24) is 9.55 Å². The van der Waals surface area contributed by atoms with Crippen molar-refractivity contribution in [3.8, 4) is 0 Å². The Bertz CT molecular complexity index is 895. The van der Waals surface area contributed by atoms with Gasteiger partial charge in [0.2, 0.25) is 0 Å². The van der Waals surface area contributed by atoms with E-state index in [0.29, 0.717) is 17.8 Å². The van der Waals surface area contributed by atoms with Gasteiger partial charge in [0.05, 0.1) is 11.9 Å². The number of rotatable bonds is 2. The third-order valence-electron chi connectivity index (χ3n) is 3.71. The molecule has 0 fully saturated rings. The molecule has 1 aromatic carbocycles. The number of benzene rings is 1. The third kappa shape index (κ3) is 2.38. The lowest BCUT2D eigenvalue weighted by Crippen LogP contribution is -2.24. The van der Waals surface area contributed by atoms with Crippen LogP contribution in [0.5, 0.6) is 0 Å². The van der Waals surface area contributed by atoms with Gasteiger partial charge in [-0.05, 0) is 44.0 Å². The molecule has 2 heterocycles. The van der Waals surface area contributed by atoms with Gasteiger partial charge in [0, 0.05) is 4.88 Å². The summed E-state index contributed by atoms with van der Waals surface area (Å²) in [6, 6.07) is 6.30. The van der Waals surface area contributed by atoms with E-state index in [2.05, 4.69) is 4.98 Å². The van der Waals surface area contributed by atoms with E-state index in [1.165, 1.54) is 12.1 Å². The third-order valence-corrected chi connectivity index (χ3v) is 4.81. The number of aromatic nitrogens is 2. The number of aryl methyl sites for hydroxylation is 3. The maximum atomic E-state index is 13.3. The number of hydrogen-bond acceptors (Lipinski definition) is 3. The lowest BCUT2D eigenvalue weighted by Gasteiger charge is -2.10. The minimum Gasteiger partial charge on any atom is -0.292 e. The molecule has 0 amide bonds. The summed E-state index contributed by atoms with van der Waals surface area (Å²) in [5, 5.41) is 0.680. The van der Waals surface area contributed by atoms with Crippen LogP contribution in [-0.4, -0.2) is 9.55 Å². The monoisotopic (exact) mass is 302 g/mol. The molecule has 3 nitrogen and oxygen atoms in total. The summed E-state index contributed by atoms with van der Waals surface area (Å²) >= 11 is 1.54. The lowest BCUT2D eigenvalue weighted by atomic mass is 10.2. The normalized spacial score (nSPS) is 11.2. The van der Waals surface area contributed by atoms with E-state index < -0.39 is 0 Å². The van der Waals surface area contributed by atoms with Gasteiger partial charge in [-0.25, -0.2) is 9.37 Å². The zero-order valence-corrected chi connectivity index (χ0v) is 12.9. The van der Waals surface area contributed by atoms with E-state index in [-0.39, 0.29) is 11.4 Å². The first kappa shape index (κ1) is 13.9. The van der Waals surface area contributed by atoms with Gasteiger partial charge >= 0.3 is 0 Å². The Kier molecular flexibility index (Phi) is 3.37. The van der Waals surface area contributed by atoms with Gasteiger partial charge in [0.25, 0.3) is 5.56 Å². The molecular weight excluding hydrogens is 287 g/mol. The van der Waals surface area contributed by atoms with Crippen molar-refractivity contribution in [2.45, 2.75) is 27.3 Å². The molecular formula is C16H15FN2OS. The maximum absolute atomic E-state index is 13.3. The molecule has 0 radical (unpaired) electrons. The number of nitrogens with zero attached hydrogens (tertiary/aromatic N) is 2. The van der Waals surface area contributed by atoms with Gasteiger partial charge in [0.15, 0.2) is 0 Å². The molecule has 3 aromatic rings. The highest BCUT2D eigenvalue weighted by Crippen LogP contribution is 2.26. The predicted molar refractivity (Wildman–Crippen MR) is 83.6 cm³/mol. The summed E-state index contributed by atoms with van der Waals surface area (Å²) in [6.45, 7) is 6.08. The van der Waals surface area contributed by atoms with Crippen LogP contribution < -0.4 is 5.56 Å². The SMILES string of the molecule is Cc1sc2nc(C)n(Cc3cccc(F)c3)c(=O)c2c1C. The largest absolute Gasteiger partial charge is 0.292 e. The molecule has 0 spiro atoms. The predicted octanol–water partition coefficient (Wildman–Crippen LogP) is 3.57. The summed E-state index contributed by atoms with van der Waals surface area (Å²) in [7, 11) is 0. The Morgan fingerprint density at radius 3 is 2.76 bits per heavy atom. The zero-order chi connectivity index (χ0) is 15.1. The second kappa shape index (κ2) is 5.07. The van der Waals surface area contributed by atoms with Gasteiger partial charge in [-0.1, -0.05) is 12.1 Å². The summed E-state index contributed by atoms with van der Waals surface area (Å²) in [5.41, 5.74) is 1.69. The van der Waals surface area contributed by atoms with Gasteiger partial charge in [-0.2, -0.15) is 0 Å². The Morgan fingerprint density at radius 2 is 2.05 bits per heavy atom. The highest BCUT2D eigenvalue weighted by molar-refractivity contribution is 7.18. The molecule has 0 atom stereocenters. The maximum Gasteiger partial charge on any atom is 0.262 e. The van der Waals surface area contributed by atoms with Crippen LogP contribution in [0.2, 0.25) is 0 Å². The summed E-state index contributed by atoms with van der Waals surface area (Å²) < 4.78 is 14.9. The second-order valence-corrected chi connectivity index (χ2v) is 6.35. The summed E-state index contributed by atoms with van der Waals surface area (Å²) in [4.78, 5) is 19.1. The smallest absolute Gasteiger partial charge is 0.262 e. The average Bonchev–Trinajstić information content (AvgIpc) is 2.70. The molecule has 0 aliphatic carbocycles. The number of fused-ring (bicyclic) bond motifs is 1. The molecule has 0 unspecified atom stereocenters. The molecule has 0 bridgehead atoms. The van der Waals surface area contributed by atoms with Crippen molar-refractivity contribution < 1.29 is 4.39 Å². The van der Waals surface area contributed by atoms with Crippen molar-refractivity contribution in [2.75, 3.05) is 0 Å². The van der Waals surface area contributed by atoms with E-state index in [1.807, 2.05) is 26.8 Å². The molecule has 108 valence electrons. The highest BCUT2D eigenvalue weighted by Gasteiger charge is 2.14. The van der Waals surface area contributed by atoms with E-state index in [1.54, 1.807) is 22.0 Å². The Morgan fingerprint density at radius 1 is 1.29 bits per heavy atom. The van der Waals surface area contributed by atoms with Crippen LogP contribution >= 0.6 is 11.3 Å². The molecule has 21 heavy (non-hydrogen) atoms. The van der Waals surface area contributed by atoms with Crippen LogP contribution in [0.3, 0.4) is 0 Å². The van der Waals surface area contributed by atoms with Crippen LogP contribution in [0, 0.1) is 26.6 Å². The zero-order valence-electron chi connectivity index (χ0n) is 12.1. The minimum absolute atomic E-state index is 0.0522. The molecule has 3 rings (SSSR count). The van der Waals surface area contributed by atoms with Crippen molar-refractivity contribution >= 4 is 21.6 Å². The van der Waals surface area contributed by atoms with Crippen molar-refractivity contribution in [2.24, 2.45) is 0 Å². The first-order chi connectivity index (χ1) is 9.97. The van der Waals surface area contributed by atoms with Crippen LogP contribution in [0.15, 0.2) is 29.1 Å². The fraction of sp³-hybridized carbons (Fsp3) is 0.250. The van der Waals surface area contributed by atoms with Gasteiger partial charge in [0.1, 0.15) is 16.5 Å². The molecule has 0 saturated heterocycles. The molecule has 0 aliphatic rings. The molecule has 5 heteroatoms. The molecule has 0 saturated carbocycles. The van der Waals surface area contributed by atoms with Gasteiger partial charge < -0.3 is 0 Å². The van der Waals surface area contributed by atoms with Gasteiger partial charge in [-0.3, -0.25) is 9.36 Å². The first-order valence-corrected chi connectivity index (χ1v) is 7.50. The standard InChI is InChI=1S/C16H15FN2OS/c1-9-10(2)21-15-14(9)16(20)19(11(3)18-15)8-12-5-4-6-13(17)7-12/h4-7H,8H2,1-3H3. The Balaban J connectivity index is 2.19. The average molecular weight is 302 g/mol. The number of hydrogen-bond donors (Lipinski definition) is 0. The van der Waals surface area contributed by atoms with Crippen LogP contribution in [0.4, 0.5) is 4.39 Å². The highest BCUT2D eigenvalue weighted by atomic mass is 32.1. The fourth-order valence-corrected chi connectivity index (χ4v) is 3.50. The van der Waals surface area contributed by atoms with E-state index in [9.17, 15) is 9.18 Å². The fourth-order valence-electron chi connectivity index (χ4n) is 2.43. The topological polar surface area (TPSA) is 34.9 Å². The molecule has 0 aliphatic heterocycles. The van der Waals surface area contributed by atoms with Gasteiger partial charge in [-0.15, -0.1) is 11.3 Å². The lowest BCUT2D eigenvalue weighted by molar-refractivity contribution is 0.621. The van der Waals surface area contributed by atoms with E-state index in [0.717, 1.165) is 20.8 Å². The minimum atomic E-state index is -0.296.